The Bertz CT molecular complexity index is 657. The standard InChI is InChI=1S/C20H29N3O2S/c1-4-23(5-2)19(17-9-12-26-15-17)14-22-20(24)21-10-11-25-18-8-6-7-16(3)13-18/h6-9,12-13,15,19H,4-5,10-11,14H2,1-3H3,(H2,21,22,24). The van der Waals surface area contributed by atoms with E-state index in [0.717, 1.165) is 24.4 Å². The first kappa shape index (κ1) is 20.3. The summed E-state index contributed by atoms with van der Waals surface area (Å²) in [5.74, 6) is 0.825. The van der Waals surface area contributed by atoms with Crippen molar-refractivity contribution < 1.29 is 9.53 Å². The van der Waals surface area contributed by atoms with Gasteiger partial charge < -0.3 is 15.4 Å². The number of nitrogens with zero attached hydrogens (tertiary/aromatic N) is 1. The molecule has 0 saturated carbocycles. The average Bonchev–Trinajstić information content (AvgIpc) is 3.16. The Kier molecular flexibility index (Phi) is 8.44. The zero-order chi connectivity index (χ0) is 18.8. The highest BCUT2D eigenvalue weighted by molar-refractivity contribution is 7.07. The van der Waals surface area contributed by atoms with Crippen molar-refractivity contribution in [1.82, 2.24) is 15.5 Å². The second-order valence-electron chi connectivity index (χ2n) is 6.10. The number of likely N-dealkylation sites (N-methyl/N-ethyl adjacent to an activating group) is 1. The first-order chi connectivity index (χ1) is 12.6. The highest BCUT2D eigenvalue weighted by Gasteiger charge is 2.19. The van der Waals surface area contributed by atoms with E-state index in [0.29, 0.717) is 19.7 Å². The summed E-state index contributed by atoms with van der Waals surface area (Å²) in [7, 11) is 0. The predicted octanol–water partition coefficient (Wildman–Crippen LogP) is 3.82. The first-order valence-corrected chi connectivity index (χ1v) is 10.1. The summed E-state index contributed by atoms with van der Waals surface area (Å²) >= 11 is 1.68. The number of nitrogens with one attached hydrogen (secondary N) is 2. The summed E-state index contributed by atoms with van der Waals surface area (Å²) in [4.78, 5) is 14.4. The summed E-state index contributed by atoms with van der Waals surface area (Å²) in [5.41, 5.74) is 2.41. The fourth-order valence-electron chi connectivity index (χ4n) is 2.88. The number of amides is 2. The molecule has 2 rings (SSSR count). The van der Waals surface area contributed by atoms with Crippen LogP contribution in [0.1, 0.15) is 31.0 Å². The Hall–Kier alpha value is -2.05. The summed E-state index contributed by atoms with van der Waals surface area (Å²) in [6.07, 6.45) is 0. The number of urea groups is 1. The second-order valence-corrected chi connectivity index (χ2v) is 6.88. The zero-order valence-electron chi connectivity index (χ0n) is 15.8. The molecule has 1 aromatic heterocycles. The van der Waals surface area contributed by atoms with Crippen LogP contribution in [0.3, 0.4) is 0 Å². The highest BCUT2D eigenvalue weighted by Crippen LogP contribution is 2.22. The summed E-state index contributed by atoms with van der Waals surface area (Å²) in [5, 5.41) is 10.1. The van der Waals surface area contributed by atoms with E-state index in [1.807, 2.05) is 31.2 Å². The van der Waals surface area contributed by atoms with E-state index in [9.17, 15) is 4.79 Å². The van der Waals surface area contributed by atoms with Crippen molar-refractivity contribution in [1.29, 1.82) is 0 Å². The maximum Gasteiger partial charge on any atom is 0.314 e. The van der Waals surface area contributed by atoms with E-state index >= 15 is 0 Å². The van der Waals surface area contributed by atoms with Crippen LogP contribution in [0.4, 0.5) is 4.79 Å². The van der Waals surface area contributed by atoms with E-state index in [2.05, 4.69) is 46.2 Å². The number of rotatable bonds is 10. The predicted molar refractivity (Wildman–Crippen MR) is 108 cm³/mol. The SMILES string of the molecule is CCN(CC)C(CNC(=O)NCCOc1cccc(C)c1)c1ccsc1. The fraction of sp³-hybridized carbons (Fsp3) is 0.450. The van der Waals surface area contributed by atoms with Gasteiger partial charge in [-0.05, 0) is 60.1 Å². The lowest BCUT2D eigenvalue weighted by Crippen LogP contribution is -2.43. The smallest absolute Gasteiger partial charge is 0.314 e. The van der Waals surface area contributed by atoms with Crippen LogP contribution in [-0.2, 0) is 0 Å². The van der Waals surface area contributed by atoms with Gasteiger partial charge in [0.25, 0.3) is 0 Å². The molecule has 1 unspecified atom stereocenters. The molecule has 26 heavy (non-hydrogen) atoms. The molecule has 5 nitrogen and oxygen atoms in total. The zero-order valence-corrected chi connectivity index (χ0v) is 16.6. The number of carbonyl (C=O) groups excluding carboxylic acids is 1. The van der Waals surface area contributed by atoms with Crippen molar-refractivity contribution >= 4 is 17.4 Å². The number of hydrogen-bond acceptors (Lipinski definition) is 4. The van der Waals surface area contributed by atoms with Crippen LogP contribution in [0.2, 0.25) is 0 Å². The van der Waals surface area contributed by atoms with Crippen LogP contribution in [-0.4, -0.2) is 43.7 Å². The number of aryl methyl sites for hydroxylation is 1. The molecule has 1 heterocycles. The lowest BCUT2D eigenvalue weighted by molar-refractivity contribution is 0.205. The molecule has 0 spiro atoms. The summed E-state index contributed by atoms with van der Waals surface area (Å²) < 4.78 is 5.65. The Morgan fingerprint density at radius 3 is 2.69 bits per heavy atom. The highest BCUT2D eigenvalue weighted by atomic mass is 32.1. The van der Waals surface area contributed by atoms with Crippen LogP contribution in [0.5, 0.6) is 5.75 Å². The van der Waals surface area contributed by atoms with Gasteiger partial charge in [-0.15, -0.1) is 0 Å². The molecular weight excluding hydrogens is 346 g/mol. The van der Waals surface area contributed by atoms with E-state index in [1.165, 1.54) is 5.56 Å². The molecule has 0 fully saturated rings. The van der Waals surface area contributed by atoms with E-state index < -0.39 is 0 Å². The largest absolute Gasteiger partial charge is 0.492 e. The van der Waals surface area contributed by atoms with Gasteiger partial charge in [-0.3, -0.25) is 4.90 Å². The molecule has 2 amide bonds. The number of benzene rings is 1. The fourth-order valence-corrected chi connectivity index (χ4v) is 3.58. The van der Waals surface area contributed by atoms with Crippen molar-refractivity contribution in [2.75, 3.05) is 32.8 Å². The monoisotopic (exact) mass is 375 g/mol. The third-order valence-corrected chi connectivity index (χ3v) is 4.98. The van der Waals surface area contributed by atoms with Crippen molar-refractivity contribution in [2.45, 2.75) is 26.8 Å². The Balaban J connectivity index is 1.74. The lowest BCUT2D eigenvalue weighted by Gasteiger charge is -2.29. The molecule has 6 heteroatoms. The third-order valence-electron chi connectivity index (χ3n) is 4.28. The number of ether oxygens (including phenoxy) is 1. The van der Waals surface area contributed by atoms with Gasteiger partial charge in [-0.25, -0.2) is 4.79 Å². The lowest BCUT2D eigenvalue weighted by atomic mass is 10.1. The molecule has 1 atom stereocenters. The number of carbonyl (C=O) groups is 1. The molecule has 0 saturated heterocycles. The minimum absolute atomic E-state index is 0.162. The Morgan fingerprint density at radius 2 is 2.04 bits per heavy atom. The van der Waals surface area contributed by atoms with Gasteiger partial charge in [-0.2, -0.15) is 11.3 Å². The van der Waals surface area contributed by atoms with E-state index in [1.54, 1.807) is 11.3 Å². The van der Waals surface area contributed by atoms with Crippen molar-refractivity contribution in [3.8, 4) is 5.75 Å². The van der Waals surface area contributed by atoms with E-state index in [4.69, 9.17) is 4.74 Å². The maximum atomic E-state index is 12.1. The van der Waals surface area contributed by atoms with Crippen molar-refractivity contribution in [2.24, 2.45) is 0 Å². The van der Waals surface area contributed by atoms with Crippen LogP contribution in [0.25, 0.3) is 0 Å². The molecule has 0 aliphatic heterocycles. The van der Waals surface area contributed by atoms with E-state index in [-0.39, 0.29) is 12.1 Å². The Labute approximate surface area is 160 Å². The van der Waals surface area contributed by atoms with Gasteiger partial charge in [-0.1, -0.05) is 26.0 Å². The minimum atomic E-state index is -0.162. The Morgan fingerprint density at radius 1 is 1.23 bits per heavy atom. The average molecular weight is 376 g/mol. The van der Waals surface area contributed by atoms with Crippen molar-refractivity contribution in [3.05, 3.63) is 52.2 Å². The van der Waals surface area contributed by atoms with Gasteiger partial charge in [0.15, 0.2) is 0 Å². The van der Waals surface area contributed by atoms with Crippen LogP contribution < -0.4 is 15.4 Å². The number of thiophene rings is 1. The normalized spacial score (nSPS) is 12.0. The topological polar surface area (TPSA) is 53.6 Å². The first-order valence-electron chi connectivity index (χ1n) is 9.11. The second kappa shape index (κ2) is 10.8. The molecular formula is C20H29N3O2S. The molecule has 0 aliphatic carbocycles. The summed E-state index contributed by atoms with van der Waals surface area (Å²) in [6.45, 7) is 9.71. The van der Waals surface area contributed by atoms with Crippen molar-refractivity contribution in [3.63, 3.8) is 0 Å². The van der Waals surface area contributed by atoms with Gasteiger partial charge in [0.2, 0.25) is 0 Å². The molecule has 2 aromatic rings. The molecule has 1 aromatic carbocycles. The molecule has 142 valence electrons. The molecule has 2 N–H and O–H groups in total. The number of hydrogen-bond donors (Lipinski definition) is 2. The van der Waals surface area contributed by atoms with Crippen LogP contribution >= 0.6 is 11.3 Å². The van der Waals surface area contributed by atoms with Crippen LogP contribution in [0.15, 0.2) is 41.1 Å². The summed E-state index contributed by atoms with van der Waals surface area (Å²) in [6, 6.07) is 10.1. The van der Waals surface area contributed by atoms with Gasteiger partial charge in [0.05, 0.1) is 12.6 Å². The quantitative estimate of drug-likeness (QED) is 0.621. The van der Waals surface area contributed by atoms with Gasteiger partial charge in [0, 0.05) is 6.54 Å². The molecule has 0 radical (unpaired) electrons. The van der Waals surface area contributed by atoms with Crippen LogP contribution in [0, 0.1) is 6.92 Å². The molecule has 0 bridgehead atoms. The third kappa shape index (κ3) is 6.35. The van der Waals surface area contributed by atoms with Gasteiger partial charge >= 0.3 is 6.03 Å². The van der Waals surface area contributed by atoms with Gasteiger partial charge in [0.1, 0.15) is 12.4 Å². The molecule has 0 aliphatic rings. The minimum Gasteiger partial charge on any atom is -0.492 e. The maximum absolute atomic E-state index is 12.1.